The van der Waals surface area contributed by atoms with E-state index in [1.165, 1.54) is 11.1 Å². The first kappa shape index (κ1) is 10.6. The van der Waals surface area contributed by atoms with E-state index in [4.69, 9.17) is 5.11 Å². The average Bonchev–Trinajstić information content (AvgIpc) is 2.16. The Labute approximate surface area is 96.6 Å². The van der Waals surface area contributed by atoms with Crippen LogP contribution in [0.25, 0.3) is 0 Å². The molecule has 1 aromatic carbocycles. The average molecular weight is 270 g/mol. The Morgan fingerprint density at radius 2 is 2.33 bits per heavy atom. The van der Waals surface area contributed by atoms with Gasteiger partial charge >= 0.3 is 5.97 Å². The number of fused-ring (bicyclic) bond motifs is 1. The highest BCUT2D eigenvalue weighted by Gasteiger charge is 2.24. The van der Waals surface area contributed by atoms with Crippen LogP contribution in [0.4, 0.5) is 0 Å². The van der Waals surface area contributed by atoms with Crippen LogP contribution in [0, 0.1) is 6.92 Å². The molecule has 1 unspecified atom stereocenters. The second kappa shape index (κ2) is 3.94. The van der Waals surface area contributed by atoms with E-state index in [-0.39, 0.29) is 0 Å². The molecule has 0 radical (unpaired) electrons. The number of carbonyl (C=O) groups is 1. The summed E-state index contributed by atoms with van der Waals surface area (Å²) in [5.74, 6) is -0.784. The zero-order chi connectivity index (χ0) is 11.0. The molecule has 1 heterocycles. The number of nitrogens with one attached hydrogen (secondary N) is 1. The third-order valence-corrected chi connectivity index (χ3v) is 3.38. The molecule has 0 aliphatic carbocycles. The molecule has 0 saturated carbocycles. The minimum absolute atomic E-state index is 0.462. The molecule has 0 bridgehead atoms. The summed E-state index contributed by atoms with van der Waals surface area (Å²) in [5, 5.41) is 11.9. The number of hydrogen-bond donors (Lipinski definition) is 2. The Balaban J connectivity index is 2.37. The van der Waals surface area contributed by atoms with E-state index in [1.807, 2.05) is 13.0 Å². The summed E-state index contributed by atoms with van der Waals surface area (Å²) >= 11 is 3.49. The van der Waals surface area contributed by atoms with Crippen molar-refractivity contribution in [3.8, 4) is 0 Å². The van der Waals surface area contributed by atoms with Crippen molar-refractivity contribution in [3.05, 3.63) is 33.3 Å². The second-order valence-corrected chi connectivity index (χ2v) is 4.71. The fourth-order valence-corrected chi connectivity index (χ4v) is 2.69. The van der Waals surface area contributed by atoms with Gasteiger partial charge in [0.2, 0.25) is 0 Å². The van der Waals surface area contributed by atoms with Gasteiger partial charge in [-0.15, -0.1) is 0 Å². The van der Waals surface area contributed by atoms with Gasteiger partial charge in [0.05, 0.1) is 0 Å². The molecule has 1 aromatic rings. The predicted octanol–water partition coefficient (Wildman–Crippen LogP) is 1.86. The minimum Gasteiger partial charge on any atom is -0.480 e. The van der Waals surface area contributed by atoms with Gasteiger partial charge in [0.25, 0.3) is 0 Å². The van der Waals surface area contributed by atoms with Gasteiger partial charge in [-0.05, 0) is 36.1 Å². The Morgan fingerprint density at radius 3 is 3.00 bits per heavy atom. The second-order valence-electron chi connectivity index (χ2n) is 3.86. The number of aryl methyl sites for hydroxylation is 1. The number of carboxylic acids is 1. The molecule has 1 aliphatic rings. The molecule has 0 fully saturated rings. The SMILES string of the molecule is Cc1cc(Br)c2c(c1)CNC(C(=O)O)C2. The number of rotatable bonds is 1. The molecular weight excluding hydrogens is 258 g/mol. The van der Waals surface area contributed by atoms with Crippen molar-refractivity contribution in [1.29, 1.82) is 0 Å². The minimum atomic E-state index is -0.784. The van der Waals surface area contributed by atoms with Gasteiger partial charge in [0.15, 0.2) is 0 Å². The van der Waals surface area contributed by atoms with Gasteiger partial charge in [0, 0.05) is 11.0 Å². The molecule has 0 spiro atoms. The van der Waals surface area contributed by atoms with Gasteiger partial charge in [0.1, 0.15) is 6.04 Å². The van der Waals surface area contributed by atoms with Gasteiger partial charge < -0.3 is 10.4 Å². The lowest BCUT2D eigenvalue weighted by atomic mass is 9.94. The van der Waals surface area contributed by atoms with Gasteiger partial charge in [-0.3, -0.25) is 4.79 Å². The van der Waals surface area contributed by atoms with Crippen LogP contribution < -0.4 is 5.32 Å². The monoisotopic (exact) mass is 269 g/mol. The smallest absolute Gasteiger partial charge is 0.321 e. The van der Waals surface area contributed by atoms with Crippen LogP contribution in [0.5, 0.6) is 0 Å². The number of benzene rings is 1. The molecule has 2 rings (SSSR count). The fourth-order valence-electron chi connectivity index (χ4n) is 1.91. The molecular formula is C11H12BrNO2. The van der Waals surface area contributed by atoms with Crippen LogP contribution in [0.15, 0.2) is 16.6 Å². The number of carboxylic acid groups (broad SMARTS) is 1. The first-order chi connectivity index (χ1) is 7.08. The summed E-state index contributed by atoms with van der Waals surface area (Å²) < 4.78 is 1.02. The molecule has 80 valence electrons. The van der Waals surface area contributed by atoms with Crippen LogP contribution >= 0.6 is 15.9 Å². The van der Waals surface area contributed by atoms with Crippen molar-refractivity contribution in [2.24, 2.45) is 0 Å². The first-order valence-electron chi connectivity index (χ1n) is 4.82. The van der Waals surface area contributed by atoms with Crippen molar-refractivity contribution in [1.82, 2.24) is 5.32 Å². The van der Waals surface area contributed by atoms with Crippen molar-refractivity contribution in [2.75, 3.05) is 0 Å². The third-order valence-electron chi connectivity index (χ3n) is 2.68. The summed E-state index contributed by atoms with van der Waals surface area (Å²) in [7, 11) is 0. The van der Waals surface area contributed by atoms with E-state index in [0.717, 1.165) is 10.0 Å². The highest BCUT2D eigenvalue weighted by molar-refractivity contribution is 9.10. The summed E-state index contributed by atoms with van der Waals surface area (Å²) in [4.78, 5) is 10.9. The van der Waals surface area contributed by atoms with Crippen molar-refractivity contribution < 1.29 is 9.90 Å². The molecule has 0 aromatic heterocycles. The van der Waals surface area contributed by atoms with Crippen LogP contribution in [-0.2, 0) is 17.8 Å². The van der Waals surface area contributed by atoms with E-state index < -0.39 is 12.0 Å². The number of aliphatic carboxylic acids is 1. The van der Waals surface area contributed by atoms with Crippen molar-refractivity contribution >= 4 is 21.9 Å². The number of hydrogen-bond acceptors (Lipinski definition) is 2. The normalized spacial score (nSPS) is 19.7. The van der Waals surface area contributed by atoms with Crippen LogP contribution in [0.3, 0.4) is 0 Å². The highest BCUT2D eigenvalue weighted by atomic mass is 79.9. The summed E-state index contributed by atoms with van der Waals surface area (Å²) in [6.07, 6.45) is 0.547. The van der Waals surface area contributed by atoms with Crippen molar-refractivity contribution in [3.63, 3.8) is 0 Å². The van der Waals surface area contributed by atoms with Crippen LogP contribution in [-0.4, -0.2) is 17.1 Å². The molecule has 3 nitrogen and oxygen atoms in total. The highest BCUT2D eigenvalue weighted by Crippen LogP contribution is 2.27. The van der Waals surface area contributed by atoms with Crippen LogP contribution in [0.1, 0.15) is 16.7 Å². The summed E-state index contributed by atoms with van der Waals surface area (Å²) in [6, 6.07) is 3.67. The van der Waals surface area contributed by atoms with Gasteiger partial charge in [-0.2, -0.15) is 0 Å². The third kappa shape index (κ3) is 2.06. The van der Waals surface area contributed by atoms with Gasteiger partial charge in [-0.1, -0.05) is 22.0 Å². The van der Waals surface area contributed by atoms with E-state index in [0.29, 0.717) is 13.0 Å². The summed E-state index contributed by atoms with van der Waals surface area (Å²) in [6.45, 7) is 2.67. The maximum absolute atomic E-state index is 10.9. The van der Waals surface area contributed by atoms with Gasteiger partial charge in [-0.25, -0.2) is 0 Å². The van der Waals surface area contributed by atoms with E-state index >= 15 is 0 Å². The lowest BCUT2D eigenvalue weighted by Crippen LogP contribution is -2.41. The van der Waals surface area contributed by atoms with E-state index in [2.05, 4.69) is 27.3 Å². The molecule has 2 N–H and O–H groups in total. The Kier molecular flexibility index (Phi) is 2.80. The summed E-state index contributed by atoms with van der Waals surface area (Å²) in [5.41, 5.74) is 3.50. The topological polar surface area (TPSA) is 49.3 Å². The lowest BCUT2D eigenvalue weighted by Gasteiger charge is -2.24. The Bertz CT molecular complexity index is 417. The molecule has 1 atom stereocenters. The Hall–Kier alpha value is -0.870. The molecule has 1 aliphatic heterocycles. The molecule has 0 amide bonds. The molecule has 15 heavy (non-hydrogen) atoms. The maximum Gasteiger partial charge on any atom is 0.321 e. The lowest BCUT2D eigenvalue weighted by molar-refractivity contribution is -0.139. The van der Waals surface area contributed by atoms with Crippen LogP contribution in [0.2, 0.25) is 0 Å². The molecule has 0 saturated heterocycles. The number of halogens is 1. The zero-order valence-corrected chi connectivity index (χ0v) is 9.97. The first-order valence-corrected chi connectivity index (χ1v) is 5.61. The standard InChI is InChI=1S/C11H12BrNO2/c1-6-2-7-5-13-10(11(14)15)4-8(7)9(12)3-6/h2-3,10,13H,4-5H2,1H3,(H,14,15). The zero-order valence-electron chi connectivity index (χ0n) is 8.38. The maximum atomic E-state index is 10.9. The van der Waals surface area contributed by atoms with E-state index in [1.54, 1.807) is 0 Å². The van der Waals surface area contributed by atoms with E-state index in [9.17, 15) is 4.79 Å². The molecule has 4 heteroatoms. The predicted molar refractivity (Wildman–Crippen MR) is 60.8 cm³/mol. The quantitative estimate of drug-likeness (QED) is 0.818. The largest absolute Gasteiger partial charge is 0.480 e. The fraction of sp³-hybridized carbons (Fsp3) is 0.364. The Morgan fingerprint density at radius 1 is 1.60 bits per heavy atom. The van der Waals surface area contributed by atoms with Crippen molar-refractivity contribution in [2.45, 2.75) is 25.9 Å².